The SMILES string of the molecule is NC(Cc1cccc(F)c1F)c1cnccn1. The highest BCUT2D eigenvalue weighted by Crippen LogP contribution is 2.17. The number of benzene rings is 1. The Balaban J connectivity index is 2.19. The van der Waals surface area contributed by atoms with E-state index in [0.29, 0.717) is 5.69 Å². The van der Waals surface area contributed by atoms with Gasteiger partial charge in [-0.05, 0) is 18.1 Å². The maximum atomic E-state index is 13.4. The summed E-state index contributed by atoms with van der Waals surface area (Å²) in [4.78, 5) is 7.90. The second-order valence-electron chi connectivity index (χ2n) is 3.65. The molecule has 1 heterocycles. The summed E-state index contributed by atoms with van der Waals surface area (Å²) in [6, 6.07) is 3.54. The van der Waals surface area contributed by atoms with E-state index in [2.05, 4.69) is 9.97 Å². The molecule has 1 aromatic heterocycles. The number of nitrogens with zero attached hydrogens (tertiary/aromatic N) is 2. The van der Waals surface area contributed by atoms with Crippen molar-refractivity contribution in [3.8, 4) is 0 Å². The number of nitrogens with two attached hydrogens (primary N) is 1. The van der Waals surface area contributed by atoms with Crippen LogP contribution < -0.4 is 5.73 Å². The summed E-state index contributed by atoms with van der Waals surface area (Å²) in [6.07, 6.45) is 4.74. The predicted molar refractivity (Wildman–Crippen MR) is 59.0 cm³/mol. The largest absolute Gasteiger partial charge is 0.322 e. The van der Waals surface area contributed by atoms with Crippen molar-refractivity contribution < 1.29 is 8.78 Å². The van der Waals surface area contributed by atoms with Gasteiger partial charge < -0.3 is 5.73 Å². The van der Waals surface area contributed by atoms with E-state index in [0.717, 1.165) is 6.07 Å². The molecule has 0 radical (unpaired) electrons. The van der Waals surface area contributed by atoms with Crippen LogP contribution in [0.4, 0.5) is 8.78 Å². The quantitative estimate of drug-likeness (QED) is 0.885. The van der Waals surface area contributed by atoms with Crippen molar-refractivity contribution in [3.05, 3.63) is 59.7 Å². The van der Waals surface area contributed by atoms with Gasteiger partial charge in [0.15, 0.2) is 11.6 Å². The number of hydrogen-bond donors (Lipinski definition) is 1. The van der Waals surface area contributed by atoms with Gasteiger partial charge in [0, 0.05) is 18.6 Å². The van der Waals surface area contributed by atoms with Crippen LogP contribution in [-0.4, -0.2) is 9.97 Å². The Labute approximate surface area is 97.3 Å². The summed E-state index contributed by atoms with van der Waals surface area (Å²) >= 11 is 0. The number of aromatic nitrogens is 2. The minimum atomic E-state index is -0.867. The minimum Gasteiger partial charge on any atom is -0.322 e. The lowest BCUT2D eigenvalue weighted by Crippen LogP contribution is -2.16. The molecule has 0 aliphatic carbocycles. The Morgan fingerprint density at radius 3 is 2.76 bits per heavy atom. The van der Waals surface area contributed by atoms with Gasteiger partial charge >= 0.3 is 0 Å². The second-order valence-corrected chi connectivity index (χ2v) is 3.65. The molecular formula is C12H11F2N3. The average Bonchev–Trinajstić information content (AvgIpc) is 2.36. The van der Waals surface area contributed by atoms with E-state index in [1.807, 2.05) is 0 Å². The van der Waals surface area contributed by atoms with Crippen molar-refractivity contribution in [2.75, 3.05) is 0 Å². The van der Waals surface area contributed by atoms with Crippen LogP contribution in [0, 0.1) is 11.6 Å². The Morgan fingerprint density at radius 2 is 2.06 bits per heavy atom. The van der Waals surface area contributed by atoms with Gasteiger partial charge in [-0.25, -0.2) is 8.78 Å². The predicted octanol–water partition coefficient (Wildman–Crippen LogP) is 2.00. The number of rotatable bonds is 3. The van der Waals surface area contributed by atoms with E-state index in [-0.39, 0.29) is 12.0 Å². The standard InChI is InChI=1S/C12H11F2N3/c13-9-3-1-2-8(12(9)14)6-10(15)11-7-16-4-5-17-11/h1-5,7,10H,6,15H2. The van der Waals surface area contributed by atoms with Gasteiger partial charge in [-0.15, -0.1) is 0 Å². The third-order valence-electron chi connectivity index (χ3n) is 2.43. The topological polar surface area (TPSA) is 51.8 Å². The van der Waals surface area contributed by atoms with Gasteiger partial charge in [0.05, 0.1) is 11.7 Å². The fourth-order valence-electron chi connectivity index (χ4n) is 1.55. The molecule has 88 valence electrons. The van der Waals surface area contributed by atoms with Crippen LogP contribution >= 0.6 is 0 Å². The first kappa shape index (κ1) is 11.6. The molecule has 0 bridgehead atoms. The molecule has 17 heavy (non-hydrogen) atoms. The Bertz CT molecular complexity index is 502. The van der Waals surface area contributed by atoms with E-state index < -0.39 is 17.7 Å². The summed E-state index contributed by atoms with van der Waals surface area (Å²) in [5.41, 5.74) is 6.65. The molecule has 2 rings (SSSR count). The zero-order valence-corrected chi connectivity index (χ0v) is 8.98. The maximum absolute atomic E-state index is 13.4. The Hall–Kier alpha value is -1.88. The smallest absolute Gasteiger partial charge is 0.162 e. The molecule has 0 aliphatic heterocycles. The summed E-state index contributed by atoms with van der Waals surface area (Å²) in [5.74, 6) is -1.72. The van der Waals surface area contributed by atoms with Gasteiger partial charge in [0.2, 0.25) is 0 Å². The van der Waals surface area contributed by atoms with Gasteiger partial charge in [-0.2, -0.15) is 0 Å². The molecule has 2 N–H and O–H groups in total. The first-order valence-corrected chi connectivity index (χ1v) is 5.13. The van der Waals surface area contributed by atoms with Crippen molar-refractivity contribution in [1.29, 1.82) is 0 Å². The molecule has 0 fully saturated rings. The monoisotopic (exact) mass is 235 g/mol. The fourth-order valence-corrected chi connectivity index (χ4v) is 1.55. The van der Waals surface area contributed by atoms with Crippen LogP contribution in [-0.2, 0) is 6.42 Å². The molecule has 0 amide bonds. The Kier molecular flexibility index (Phi) is 3.39. The zero-order chi connectivity index (χ0) is 12.3. The van der Waals surface area contributed by atoms with Crippen molar-refractivity contribution in [2.45, 2.75) is 12.5 Å². The van der Waals surface area contributed by atoms with E-state index in [9.17, 15) is 8.78 Å². The van der Waals surface area contributed by atoms with Gasteiger partial charge in [0.25, 0.3) is 0 Å². The van der Waals surface area contributed by atoms with Gasteiger partial charge in [-0.1, -0.05) is 12.1 Å². The van der Waals surface area contributed by atoms with E-state index in [1.54, 1.807) is 0 Å². The molecule has 3 nitrogen and oxygen atoms in total. The van der Waals surface area contributed by atoms with Crippen LogP contribution in [0.15, 0.2) is 36.8 Å². The lowest BCUT2D eigenvalue weighted by atomic mass is 10.0. The summed E-state index contributed by atoms with van der Waals surface area (Å²) < 4.78 is 26.4. The number of hydrogen-bond acceptors (Lipinski definition) is 3. The van der Waals surface area contributed by atoms with Crippen molar-refractivity contribution in [3.63, 3.8) is 0 Å². The normalized spacial score (nSPS) is 12.4. The van der Waals surface area contributed by atoms with E-state index in [1.165, 1.54) is 30.7 Å². The molecule has 0 saturated carbocycles. The third kappa shape index (κ3) is 2.62. The van der Waals surface area contributed by atoms with E-state index in [4.69, 9.17) is 5.73 Å². The minimum absolute atomic E-state index is 0.183. The Morgan fingerprint density at radius 1 is 1.24 bits per heavy atom. The molecule has 5 heteroatoms. The fraction of sp³-hybridized carbons (Fsp3) is 0.167. The molecule has 1 unspecified atom stereocenters. The van der Waals surface area contributed by atoms with Gasteiger partial charge in [-0.3, -0.25) is 9.97 Å². The van der Waals surface area contributed by atoms with Crippen LogP contribution in [0.3, 0.4) is 0 Å². The highest BCUT2D eigenvalue weighted by Gasteiger charge is 2.13. The summed E-state index contributed by atoms with van der Waals surface area (Å²) in [7, 11) is 0. The summed E-state index contributed by atoms with van der Waals surface area (Å²) in [6.45, 7) is 0. The summed E-state index contributed by atoms with van der Waals surface area (Å²) in [5, 5.41) is 0. The lowest BCUT2D eigenvalue weighted by molar-refractivity contribution is 0.493. The lowest BCUT2D eigenvalue weighted by Gasteiger charge is -2.11. The average molecular weight is 235 g/mol. The zero-order valence-electron chi connectivity index (χ0n) is 8.98. The van der Waals surface area contributed by atoms with Crippen LogP contribution in [0.2, 0.25) is 0 Å². The van der Waals surface area contributed by atoms with Crippen molar-refractivity contribution >= 4 is 0 Å². The molecule has 0 aliphatic rings. The van der Waals surface area contributed by atoms with Crippen LogP contribution in [0.5, 0.6) is 0 Å². The first-order valence-electron chi connectivity index (χ1n) is 5.13. The number of halogens is 2. The molecule has 0 saturated heterocycles. The van der Waals surface area contributed by atoms with Crippen molar-refractivity contribution in [2.24, 2.45) is 5.73 Å². The third-order valence-corrected chi connectivity index (χ3v) is 2.43. The molecule has 1 atom stereocenters. The maximum Gasteiger partial charge on any atom is 0.162 e. The highest BCUT2D eigenvalue weighted by molar-refractivity contribution is 5.21. The molecule has 1 aromatic carbocycles. The molecule has 0 spiro atoms. The van der Waals surface area contributed by atoms with Crippen molar-refractivity contribution in [1.82, 2.24) is 9.97 Å². The van der Waals surface area contributed by atoms with E-state index >= 15 is 0 Å². The van der Waals surface area contributed by atoms with Gasteiger partial charge in [0.1, 0.15) is 0 Å². The van der Waals surface area contributed by atoms with Crippen LogP contribution in [0.25, 0.3) is 0 Å². The first-order chi connectivity index (χ1) is 8.18. The van der Waals surface area contributed by atoms with Crippen LogP contribution in [0.1, 0.15) is 17.3 Å². The highest BCUT2D eigenvalue weighted by atomic mass is 19.2. The molecule has 2 aromatic rings. The second kappa shape index (κ2) is 4.97. The molecular weight excluding hydrogens is 224 g/mol.